The maximum absolute atomic E-state index is 12.5. The largest absolute Gasteiger partial charge is 0.478 e. The Bertz CT molecular complexity index is 624. The molecule has 0 radical (unpaired) electrons. The van der Waals surface area contributed by atoms with E-state index in [0.29, 0.717) is 0 Å². The van der Waals surface area contributed by atoms with E-state index >= 15 is 0 Å². The number of carboxylic acid groups (broad SMARTS) is 1. The second-order valence-corrected chi connectivity index (χ2v) is 6.27. The first-order valence-corrected chi connectivity index (χ1v) is 7.24. The molecular weight excluding hydrogens is 284 g/mol. The zero-order valence-corrected chi connectivity index (χ0v) is 11.9. The fraction of sp³-hybridized carbons (Fsp3) is 0.333. The number of carbonyl (C=O) groups excluding carboxylic acids is 1. The third-order valence-corrected chi connectivity index (χ3v) is 4.67. The minimum atomic E-state index is -4.12. The van der Waals surface area contributed by atoms with Crippen LogP contribution in [-0.4, -0.2) is 42.3 Å². The molecule has 1 amide bonds. The summed E-state index contributed by atoms with van der Waals surface area (Å²) < 4.78 is 25.9. The van der Waals surface area contributed by atoms with Crippen molar-refractivity contribution in [2.75, 3.05) is 6.54 Å². The fourth-order valence-corrected chi connectivity index (χ4v) is 3.48. The van der Waals surface area contributed by atoms with Crippen LogP contribution in [0.5, 0.6) is 0 Å². The SMILES string of the molecule is CC(C)N(CC(N)=O)S(=O)(=O)c1ccccc1C(=O)O. The van der Waals surface area contributed by atoms with Crippen LogP contribution in [0.25, 0.3) is 0 Å². The maximum Gasteiger partial charge on any atom is 0.337 e. The summed E-state index contributed by atoms with van der Waals surface area (Å²) in [6, 6.07) is 4.69. The van der Waals surface area contributed by atoms with Gasteiger partial charge in [-0.2, -0.15) is 4.31 Å². The van der Waals surface area contributed by atoms with Crippen molar-refractivity contribution >= 4 is 21.9 Å². The van der Waals surface area contributed by atoms with Gasteiger partial charge in [0.1, 0.15) is 0 Å². The molecule has 0 saturated heterocycles. The van der Waals surface area contributed by atoms with Crippen molar-refractivity contribution in [1.82, 2.24) is 4.31 Å². The lowest BCUT2D eigenvalue weighted by molar-refractivity contribution is -0.118. The Hall–Kier alpha value is -1.93. The predicted octanol–water partition coefficient (Wildman–Crippen LogP) is 0.269. The van der Waals surface area contributed by atoms with Crippen LogP contribution in [0.1, 0.15) is 24.2 Å². The highest BCUT2D eigenvalue weighted by Crippen LogP contribution is 2.21. The molecule has 110 valence electrons. The zero-order valence-electron chi connectivity index (χ0n) is 11.1. The first kappa shape index (κ1) is 16.1. The summed E-state index contributed by atoms with van der Waals surface area (Å²) in [4.78, 5) is 21.8. The van der Waals surface area contributed by atoms with Gasteiger partial charge in [-0.1, -0.05) is 12.1 Å². The summed E-state index contributed by atoms with van der Waals surface area (Å²) in [5.41, 5.74) is 4.70. The summed E-state index contributed by atoms with van der Waals surface area (Å²) >= 11 is 0. The van der Waals surface area contributed by atoms with Crippen molar-refractivity contribution in [3.05, 3.63) is 29.8 Å². The number of aromatic carboxylic acids is 1. The molecule has 3 N–H and O–H groups in total. The fourth-order valence-electron chi connectivity index (χ4n) is 1.69. The number of benzene rings is 1. The van der Waals surface area contributed by atoms with E-state index in [1.165, 1.54) is 24.3 Å². The second-order valence-electron chi connectivity index (χ2n) is 4.41. The Kier molecular flexibility index (Phi) is 4.85. The molecule has 7 nitrogen and oxygen atoms in total. The van der Waals surface area contributed by atoms with Gasteiger partial charge in [-0.15, -0.1) is 0 Å². The Balaban J connectivity index is 3.41. The molecule has 0 aliphatic heterocycles. The number of sulfonamides is 1. The van der Waals surface area contributed by atoms with Crippen LogP contribution in [0.2, 0.25) is 0 Å². The van der Waals surface area contributed by atoms with Crippen molar-refractivity contribution in [3.8, 4) is 0 Å². The summed E-state index contributed by atoms with van der Waals surface area (Å²) in [5, 5.41) is 9.06. The van der Waals surface area contributed by atoms with E-state index in [0.717, 1.165) is 4.31 Å². The number of amides is 1. The lowest BCUT2D eigenvalue weighted by Gasteiger charge is -2.25. The molecule has 1 rings (SSSR count). The van der Waals surface area contributed by atoms with Gasteiger partial charge < -0.3 is 10.8 Å². The van der Waals surface area contributed by atoms with E-state index in [1.807, 2.05) is 0 Å². The van der Waals surface area contributed by atoms with Gasteiger partial charge in [0.15, 0.2) is 0 Å². The summed E-state index contributed by atoms with van der Waals surface area (Å²) in [6.45, 7) is 2.64. The monoisotopic (exact) mass is 300 g/mol. The van der Waals surface area contributed by atoms with Gasteiger partial charge in [-0.3, -0.25) is 4.79 Å². The zero-order chi connectivity index (χ0) is 15.5. The van der Waals surface area contributed by atoms with E-state index in [4.69, 9.17) is 10.8 Å². The normalized spacial score (nSPS) is 11.8. The van der Waals surface area contributed by atoms with Crippen LogP contribution in [0.4, 0.5) is 0 Å². The number of nitrogens with two attached hydrogens (primary N) is 1. The molecule has 0 spiro atoms. The van der Waals surface area contributed by atoms with Crippen LogP contribution in [0.3, 0.4) is 0 Å². The van der Waals surface area contributed by atoms with E-state index in [-0.39, 0.29) is 10.5 Å². The van der Waals surface area contributed by atoms with E-state index in [2.05, 4.69) is 0 Å². The summed E-state index contributed by atoms with van der Waals surface area (Å²) in [5.74, 6) is -2.16. The summed E-state index contributed by atoms with van der Waals surface area (Å²) in [7, 11) is -4.12. The highest BCUT2D eigenvalue weighted by molar-refractivity contribution is 7.89. The quantitative estimate of drug-likeness (QED) is 0.781. The lowest BCUT2D eigenvalue weighted by Crippen LogP contribution is -2.43. The molecule has 0 heterocycles. The van der Waals surface area contributed by atoms with Crippen molar-refractivity contribution in [2.45, 2.75) is 24.8 Å². The Morgan fingerprint density at radius 1 is 1.30 bits per heavy atom. The van der Waals surface area contributed by atoms with E-state index in [1.54, 1.807) is 13.8 Å². The molecule has 0 aromatic heterocycles. The average Bonchev–Trinajstić information content (AvgIpc) is 2.35. The lowest BCUT2D eigenvalue weighted by atomic mass is 10.2. The van der Waals surface area contributed by atoms with Gasteiger partial charge in [0.05, 0.1) is 17.0 Å². The topological polar surface area (TPSA) is 118 Å². The Morgan fingerprint density at radius 3 is 2.30 bits per heavy atom. The second kappa shape index (κ2) is 6.02. The molecule has 1 aromatic carbocycles. The number of nitrogens with zero attached hydrogens (tertiary/aromatic N) is 1. The maximum atomic E-state index is 12.5. The number of carbonyl (C=O) groups is 2. The molecular formula is C12H16N2O5S. The van der Waals surface area contributed by atoms with E-state index in [9.17, 15) is 18.0 Å². The molecule has 0 unspecified atom stereocenters. The number of hydrogen-bond acceptors (Lipinski definition) is 4. The summed E-state index contributed by atoms with van der Waals surface area (Å²) in [6.07, 6.45) is 0. The third-order valence-electron chi connectivity index (χ3n) is 2.59. The molecule has 8 heteroatoms. The van der Waals surface area contributed by atoms with Crippen LogP contribution in [0, 0.1) is 0 Å². The number of primary amides is 1. The Morgan fingerprint density at radius 2 is 1.85 bits per heavy atom. The van der Waals surface area contributed by atoms with Crippen molar-refractivity contribution < 1.29 is 23.1 Å². The van der Waals surface area contributed by atoms with Crippen LogP contribution in [-0.2, 0) is 14.8 Å². The molecule has 0 bridgehead atoms. The average molecular weight is 300 g/mol. The van der Waals surface area contributed by atoms with E-state index < -0.39 is 34.5 Å². The van der Waals surface area contributed by atoms with Crippen LogP contribution in [0.15, 0.2) is 29.2 Å². The number of carboxylic acids is 1. The molecule has 0 aliphatic rings. The molecule has 0 atom stereocenters. The van der Waals surface area contributed by atoms with Crippen LogP contribution < -0.4 is 5.73 Å². The number of rotatable bonds is 6. The highest BCUT2D eigenvalue weighted by Gasteiger charge is 2.31. The minimum Gasteiger partial charge on any atom is -0.478 e. The molecule has 0 saturated carbocycles. The van der Waals surface area contributed by atoms with Gasteiger partial charge >= 0.3 is 5.97 Å². The molecule has 1 aromatic rings. The highest BCUT2D eigenvalue weighted by atomic mass is 32.2. The van der Waals surface area contributed by atoms with Crippen molar-refractivity contribution in [1.29, 1.82) is 0 Å². The van der Waals surface area contributed by atoms with Gasteiger partial charge in [0.2, 0.25) is 15.9 Å². The van der Waals surface area contributed by atoms with Gasteiger partial charge in [0.25, 0.3) is 0 Å². The number of hydrogen-bond donors (Lipinski definition) is 2. The Labute approximate surface area is 117 Å². The standard InChI is InChI=1S/C12H16N2O5S/c1-8(2)14(7-11(13)15)20(18,19)10-6-4-3-5-9(10)12(16)17/h3-6,8H,7H2,1-2H3,(H2,13,15)(H,16,17). The smallest absolute Gasteiger partial charge is 0.337 e. The molecule has 20 heavy (non-hydrogen) atoms. The third kappa shape index (κ3) is 3.34. The first-order valence-electron chi connectivity index (χ1n) is 5.80. The van der Waals surface area contributed by atoms with Crippen molar-refractivity contribution in [2.24, 2.45) is 5.73 Å². The molecule has 0 fully saturated rings. The minimum absolute atomic E-state index is 0.345. The van der Waals surface area contributed by atoms with Crippen molar-refractivity contribution in [3.63, 3.8) is 0 Å². The van der Waals surface area contributed by atoms with Crippen LogP contribution >= 0.6 is 0 Å². The molecule has 0 aliphatic carbocycles. The van der Waals surface area contributed by atoms with Gasteiger partial charge in [0, 0.05) is 6.04 Å². The predicted molar refractivity (Wildman–Crippen MR) is 71.6 cm³/mol. The van der Waals surface area contributed by atoms with Gasteiger partial charge in [-0.05, 0) is 26.0 Å². The van der Waals surface area contributed by atoms with Gasteiger partial charge in [-0.25, -0.2) is 13.2 Å². The first-order chi connectivity index (χ1) is 9.17.